The number of carbonyl (C=O) groups is 1. The number of morpholine rings is 1. The number of hydrogen-bond donors (Lipinski definition) is 1. The van der Waals surface area contributed by atoms with Gasteiger partial charge in [-0.05, 0) is 37.3 Å². The summed E-state index contributed by atoms with van der Waals surface area (Å²) in [6.07, 6.45) is -0.00235. The molecule has 1 unspecified atom stereocenters. The fourth-order valence-electron chi connectivity index (χ4n) is 2.71. The van der Waals surface area contributed by atoms with Crippen LogP contribution in [0.3, 0.4) is 0 Å². The minimum Gasteiger partial charge on any atom is -0.375 e. The monoisotopic (exact) mass is 360 g/mol. The summed E-state index contributed by atoms with van der Waals surface area (Å²) in [4.78, 5) is 14.5. The molecule has 132 valence electrons. The molecule has 1 saturated heterocycles. The fourth-order valence-corrected chi connectivity index (χ4v) is 3.79. The first-order valence-electron chi connectivity index (χ1n) is 8.04. The van der Waals surface area contributed by atoms with Gasteiger partial charge in [0.25, 0.3) is 15.9 Å². The Labute approximate surface area is 147 Å². The standard InChI is InChI=1S/C18H20N2O4S/c1-14-13-20(10-11-24-14)18(21)15-6-5-7-16(12-15)19-25(22,23)17-8-3-2-4-9-17/h2-9,12,14,19H,10-11,13H2,1H3. The van der Waals surface area contributed by atoms with Crippen LogP contribution in [-0.4, -0.2) is 45.0 Å². The van der Waals surface area contributed by atoms with E-state index >= 15 is 0 Å². The van der Waals surface area contributed by atoms with Gasteiger partial charge in [0.05, 0.1) is 17.6 Å². The zero-order chi connectivity index (χ0) is 17.9. The van der Waals surface area contributed by atoms with Crippen molar-refractivity contribution in [1.29, 1.82) is 0 Å². The smallest absolute Gasteiger partial charge is 0.261 e. The number of sulfonamides is 1. The van der Waals surface area contributed by atoms with Crippen molar-refractivity contribution in [2.45, 2.75) is 17.9 Å². The van der Waals surface area contributed by atoms with Crippen LogP contribution in [0.1, 0.15) is 17.3 Å². The molecule has 3 rings (SSSR count). The van der Waals surface area contributed by atoms with Gasteiger partial charge in [0.2, 0.25) is 0 Å². The van der Waals surface area contributed by atoms with Crippen LogP contribution in [0.25, 0.3) is 0 Å². The van der Waals surface area contributed by atoms with E-state index < -0.39 is 10.0 Å². The quantitative estimate of drug-likeness (QED) is 0.908. The first-order chi connectivity index (χ1) is 12.0. The lowest BCUT2D eigenvalue weighted by molar-refractivity contribution is -0.0124. The fraction of sp³-hybridized carbons (Fsp3) is 0.278. The summed E-state index contributed by atoms with van der Waals surface area (Å²) in [7, 11) is -3.68. The molecule has 1 amide bonds. The van der Waals surface area contributed by atoms with E-state index in [0.29, 0.717) is 30.9 Å². The lowest BCUT2D eigenvalue weighted by atomic mass is 10.1. The highest BCUT2D eigenvalue weighted by atomic mass is 32.2. The number of ether oxygens (including phenoxy) is 1. The lowest BCUT2D eigenvalue weighted by Gasteiger charge is -2.31. The minimum absolute atomic E-state index is 0.00235. The maximum atomic E-state index is 12.6. The van der Waals surface area contributed by atoms with E-state index in [4.69, 9.17) is 4.74 Å². The van der Waals surface area contributed by atoms with E-state index in [-0.39, 0.29) is 16.9 Å². The third kappa shape index (κ3) is 4.18. The molecule has 0 bridgehead atoms. The average Bonchev–Trinajstić information content (AvgIpc) is 2.62. The molecule has 1 N–H and O–H groups in total. The molecule has 25 heavy (non-hydrogen) atoms. The van der Waals surface area contributed by atoms with Gasteiger partial charge in [0, 0.05) is 24.3 Å². The van der Waals surface area contributed by atoms with Crippen molar-refractivity contribution in [3.63, 3.8) is 0 Å². The van der Waals surface area contributed by atoms with E-state index in [2.05, 4.69) is 4.72 Å². The highest BCUT2D eigenvalue weighted by Gasteiger charge is 2.23. The Morgan fingerprint density at radius 3 is 2.64 bits per heavy atom. The van der Waals surface area contributed by atoms with Crippen LogP contribution >= 0.6 is 0 Å². The molecular formula is C18H20N2O4S. The van der Waals surface area contributed by atoms with Crippen LogP contribution < -0.4 is 4.72 Å². The molecule has 1 fully saturated rings. The number of anilines is 1. The van der Waals surface area contributed by atoms with Gasteiger partial charge in [-0.1, -0.05) is 24.3 Å². The first-order valence-corrected chi connectivity index (χ1v) is 9.53. The molecule has 6 nitrogen and oxygen atoms in total. The zero-order valence-electron chi connectivity index (χ0n) is 13.9. The van der Waals surface area contributed by atoms with Gasteiger partial charge in [-0.15, -0.1) is 0 Å². The van der Waals surface area contributed by atoms with Gasteiger partial charge in [-0.25, -0.2) is 8.42 Å². The molecule has 7 heteroatoms. The van der Waals surface area contributed by atoms with Crippen LogP contribution in [0.15, 0.2) is 59.5 Å². The van der Waals surface area contributed by atoms with Crippen molar-refractivity contribution in [2.24, 2.45) is 0 Å². The highest BCUT2D eigenvalue weighted by Crippen LogP contribution is 2.19. The zero-order valence-corrected chi connectivity index (χ0v) is 14.7. The molecule has 0 radical (unpaired) electrons. The summed E-state index contributed by atoms with van der Waals surface area (Å²) in [5.74, 6) is -0.129. The molecule has 2 aromatic rings. The van der Waals surface area contributed by atoms with Crippen LogP contribution in [0, 0.1) is 0 Å². The predicted molar refractivity (Wildman–Crippen MR) is 95.0 cm³/mol. The summed E-state index contributed by atoms with van der Waals surface area (Å²) >= 11 is 0. The van der Waals surface area contributed by atoms with Crippen LogP contribution in [-0.2, 0) is 14.8 Å². The van der Waals surface area contributed by atoms with E-state index in [9.17, 15) is 13.2 Å². The molecule has 1 aliphatic heterocycles. The number of amides is 1. The molecule has 1 atom stereocenters. The van der Waals surface area contributed by atoms with Crippen molar-refractivity contribution in [3.8, 4) is 0 Å². The summed E-state index contributed by atoms with van der Waals surface area (Å²) in [5.41, 5.74) is 0.804. The summed E-state index contributed by atoms with van der Waals surface area (Å²) in [5, 5.41) is 0. The Morgan fingerprint density at radius 1 is 1.16 bits per heavy atom. The Bertz CT molecular complexity index is 852. The largest absolute Gasteiger partial charge is 0.375 e. The van der Waals surface area contributed by atoms with Crippen molar-refractivity contribution >= 4 is 21.6 Å². The van der Waals surface area contributed by atoms with Gasteiger partial charge in [0.15, 0.2) is 0 Å². The number of hydrogen-bond acceptors (Lipinski definition) is 4. The number of benzene rings is 2. The molecule has 0 spiro atoms. The molecule has 1 heterocycles. The van der Waals surface area contributed by atoms with Crippen molar-refractivity contribution < 1.29 is 17.9 Å². The van der Waals surface area contributed by atoms with Gasteiger partial charge in [-0.2, -0.15) is 0 Å². The van der Waals surface area contributed by atoms with Crippen LogP contribution in [0.2, 0.25) is 0 Å². The maximum absolute atomic E-state index is 12.6. The maximum Gasteiger partial charge on any atom is 0.261 e. The highest BCUT2D eigenvalue weighted by molar-refractivity contribution is 7.92. The molecule has 0 aromatic heterocycles. The Morgan fingerprint density at radius 2 is 1.92 bits per heavy atom. The van der Waals surface area contributed by atoms with Gasteiger partial charge in [-0.3, -0.25) is 9.52 Å². The predicted octanol–water partition coefficient (Wildman–Crippen LogP) is 2.35. The van der Waals surface area contributed by atoms with Gasteiger partial charge in [0.1, 0.15) is 0 Å². The Hall–Kier alpha value is -2.38. The second-order valence-electron chi connectivity index (χ2n) is 5.93. The SMILES string of the molecule is CC1CN(C(=O)c2cccc(NS(=O)(=O)c3ccccc3)c2)CCO1. The third-order valence-electron chi connectivity index (χ3n) is 3.94. The molecular weight excluding hydrogens is 340 g/mol. The van der Waals surface area contributed by atoms with E-state index in [1.54, 1.807) is 47.4 Å². The average molecular weight is 360 g/mol. The van der Waals surface area contributed by atoms with E-state index in [1.165, 1.54) is 12.1 Å². The van der Waals surface area contributed by atoms with E-state index in [0.717, 1.165) is 0 Å². The normalized spacial score (nSPS) is 18.0. The number of nitrogens with one attached hydrogen (secondary N) is 1. The second-order valence-corrected chi connectivity index (χ2v) is 7.61. The molecule has 0 saturated carbocycles. The molecule has 2 aromatic carbocycles. The number of carbonyl (C=O) groups excluding carboxylic acids is 1. The summed E-state index contributed by atoms with van der Waals surface area (Å²) < 4.78 is 32.8. The van der Waals surface area contributed by atoms with Crippen molar-refractivity contribution in [2.75, 3.05) is 24.4 Å². The molecule has 0 aliphatic carbocycles. The summed E-state index contributed by atoms with van der Waals surface area (Å²) in [6.45, 7) is 3.49. The first kappa shape index (κ1) is 17.4. The Balaban J connectivity index is 1.79. The van der Waals surface area contributed by atoms with Crippen molar-refractivity contribution in [1.82, 2.24) is 4.90 Å². The topological polar surface area (TPSA) is 75.7 Å². The van der Waals surface area contributed by atoms with Crippen molar-refractivity contribution in [3.05, 3.63) is 60.2 Å². The summed E-state index contributed by atoms with van der Waals surface area (Å²) in [6, 6.07) is 14.6. The third-order valence-corrected chi connectivity index (χ3v) is 5.34. The van der Waals surface area contributed by atoms with Gasteiger partial charge >= 0.3 is 0 Å². The van der Waals surface area contributed by atoms with Crippen LogP contribution in [0.4, 0.5) is 5.69 Å². The Kier molecular flexibility index (Phi) is 5.06. The minimum atomic E-state index is -3.68. The number of nitrogens with zero attached hydrogens (tertiary/aromatic N) is 1. The second kappa shape index (κ2) is 7.25. The lowest BCUT2D eigenvalue weighted by Crippen LogP contribution is -2.44. The van der Waals surface area contributed by atoms with Gasteiger partial charge < -0.3 is 9.64 Å². The molecule has 1 aliphatic rings. The van der Waals surface area contributed by atoms with E-state index in [1.807, 2.05) is 6.92 Å². The van der Waals surface area contributed by atoms with Crippen LogP contribution in [0.5, 0.6) is 0 Å². The number of rotatable bonds is 4.